The van der Waals surface area contributed by atoms with E-state index in [0.29, 0.717) is 0 Å². The van der Waals surface area contributed by atoms with Crippen molar-refractivity contribution < 1.29 is 10.2 Å². The molecule has 4 N–H and O–H groups in total. The van der Waals surface area contributed by atoms with Gasteiger partial charge in [-0.15, -0.1) is 0 Å². The highest BCUT2D eigenvalue weighted by atomic mass is 16.3. The lowest BCUT2D eigenvalue weighted by Gasteiger charge is -2.14. The van der Waals surface area contributed by atoms with Crippen LogP contribution in [0.5, 0.6) is 0 Å². The summed E-state index contributed by atoms with van der Waals surface area (Å²) >= 11 is 0. The van der Waals surface area contributed by atoms with Gasteiger partial charge in [0, 0.05) is 0 Å². The monoisotopic (exact) mass is 127 g/mol. The van der Waals surface area contributed by atoms with Crippen molar-refractivity contribution in [2.24, 2.45) is 5.73 Å². The van der Waals surface area contributed by atoms with Gasteiger partial charge in [-0.2, -0.15) is 0 Å². The van der Waals surface area contributed by atoms with Gasteiger partial charge in [0.05, 0.1) is 12.1 Å². The van der Waals surface area contributed by atoms with Crippen LogP contribution in [0.15, 0.2) is 24.0 Å². The van der Waals surface area contributed by atoms with Crippen LogP contribution in [0.3, 0.4) is 0 Å². The van der Waals surface area contributed by atoms with Gasteiger partial charge in [0.25, 0.3) is 0 Å². The summed E-state index contributed by atoms with van der Waals surface area (Å²) in [6.45, 7) is 0. The Balaban J connectivity index is 2.70. The molecule has 0 spiro atoms. The minimum atomic E-state index is -0.741. The van der Waals surface area contributed by atoms with Crippen molar-refractivity contribution in [1.29, 1.82) is 0 Å². The minimum absolute atomic E-state index is 0.0733. The van der Waals surface area contributed by atoms with E-state index in [0.717, 1.165) is 0 Å². The van der Waals surface area contributed by atoms with Crippen molar-refractivity contribution in [3.8, 4) is 0 Å². The lowest BCUT2D eigenvalue weighted by Crippen LogP contribution is -2.32. The summed E-state index contributed by atoms with van der Waals surface area (Å²) in [5.74, 6) is 0.0733. The van der Waals surface area contributed by atoms with E-state index in [-0.39, 0.29) is 11.8 Å². The molecule has 2 unspecified atom stereocenters. The standard InChI is InChI=1S/C6H9NO2/c7-5-2-1-4(8)3-6(5)9/h1-3,5-6,8-9H,7H2. The zero-order chi connectivity index (χ0) is 6.85. The van der Waals surface area contributed by atoms with Crippen molar-refractivity contribution in [1.82, 2.24) is 0 Å². The predicted molar refractivity (Wildman–Crippen MR) is 33.8 cm³/mol. The topological polar surface area (TPSA) is 66.5 Å². The summed E-state index contributed by atoms with van der Waals surface area (Å²) in [4.78, 5) is 0. The first-order chi connectivity index (χ1) is 4.20. The molecule has 0 saturated heterocycles. The average molecular weight is 127 g/mol. The van der Waals surface area contributed by atoms with Crippen molar-refractivity contribution in [3.05, 3.63) is 24.0 Å². The van der Waals surface area contributed by atoms with E-state index < -0.39 is 6.10 Å². The van der Waals surface area contributed by atoms with E-state index in [1.165, 1.54) is 12.2 Å². The van der Waals surface area contributed by atoms with Crippen molar-refractivity contribution in [2.75, 3.05) is 0 Å². The first-order valence-corrected chi connectivity index (χ1v) is 2.73. The van der Waals surface area contributed by atoms with Crippen LogP contribution < -0.4 is 5.73 Å². The number of allylic oxidation sites excluding steroid dienone is 1. The third kappa shape index (κ3) is 1.31. The minimum Gasteiger partial charge on any atom is -0.508 e. The highest BCUT2D eigenvalue weighted by molar-refractivity contribution is 5.22. The molecule has 0 heterocycles. The van der Waals surface area contributed by atoms with Crippen LogP contribution in [0.2, 0.25) is 0 Å². The van der Waals surface area contributed by atoms with Gasteiger partial charge in [0.15, 0.2) is 0 Å². The molecule has 3 heteroatoms. The number of aliphatic hydroxyl groups is 2. The molecule has 2 atom stereocenters. The lowest BCUT2D eigenvalue weighted by molar-refractivity contribution is 0.200. The maximum absolute atomic E-state index is 8.94. The van der Waals surface area contributed by atoms with Crippen LogP contribution in [0.4, 0.5) is 0 Å². The highest BCUT2D eigenvalue weighted by Crippen LogP contribution is 2.06. The van der Waals surface area contributed by atoms with E-state index in [9.17, 15) is 0 Å². The number of nitrogens with two attached hydrogens (primary N) is 1. The Morgan fingerprint density at radius 1 is 1.56 bits per heavy atom. The molecule has 0 radical (unpaired) electrons. The smallest absolute Gasteiger partial charge is 0.113 e. The molecular formula is C6H9NO2. The summed E-state index contributed by atoms with van der Waals surface area (Å²) in [7, 11) is 0. The second kappa shape index (κ2) is 2.21. The largest absolute Gasteiger partial charge is 0.508 e. The molecule has 0 aromatic carbocycles. The van der Waals surface area contributed by atoms with Crippen LogP contribution in [0, 0.1) is 0 Å². The molecule has 0 aromatic heterocycles. The average Bonchev–Trinajstić information content (AvgIpc) is 1.80. The molecule has 9 heavy (non-hydrogen) atoms. The van der Waals surface area contributed by atoms with E-state index in [2.05, 4.69) is 0 Å². The third-order valence-electron chi connectivity index (χ3n) is 1.23. The van der Waals surface area contributed by atoms with Gasteiger partial charge in [-0.1, -0.05) is 6.08 Å². The molecule has 0 amide bonds. The van der Waals surface area contributed by atoms with Crippen LogP contribution in [-0.2, 0) is 0 Å². The summed E-state index contributed by atoms with van der Waals surface area (Å²) < 4.78 is 0. The molecule has 0 fully saturated rings. The fraction of sp³-hybridized carbons (Fsp3) is 0.333. The molecule has 1 aliphatic carbocycles. The van der Waals surface area contributed by atoms with E-state index in [1.807, 2.05) is 0 Å². The lowest BCUT2D eigenvalue weighted by atomic mass is 10.1. The van der Waals surface area contributed by atoms with E-state index >= 15 is 0 Å². The molecule has 0 aromatic rings. The number of hydrogen-bond donors (Lipinski definition) is 3. The molecule has 0 bridgehead atoms. The van der Waals surface area contributed by atoms with E-state index in [4.69, 9.17) is 15.9 Å². The van der Waals surface area contributed by atoms with Crippen molar-refractivity contribution in [2.45, 2.75) is 12.1 Å². The second-order valence-electron chi connectivity index (χ2n) is 2.02. The second-order valence-corrected chi connectivity index (χ2v) is 2.02. The Bertz CT molecular complexity index is 162. The summed E-state index contributed by atoms with van der Waals surface area (Å²) in [5, 5.41) is 17.7. The van der Waals surface area contributed by atoms with Gasteiger partial charge in [0.2, 0.25) is 0 Å². The van der Waals surface area contributed by atoms with Crippen LogP contribution >= 0.6 is 0 Å². The van der Waals surface area contributed by atoms with Gasteiger partial charge in [-0.3, -0.25) is 0 Å². The normalized spacial score (nSPS) is 34.2. The Morgan fingerprint density at radius 3 is 2.67 bits per heavy atom. The Kier molecular flexibility index (Phi) is 1.55. The van der Waals surface area contributed by atoms with Gasteiger partial charge in [-0.05, 0) is 12.2 Å². The first-order valence-electron chi connectivity index (χ1n) is 2.73. The first kappa shape index (κ1) is 6.32. The summed E-state index contributed by atoms with van der Waals surface area (Å²) in [6, 6.07) is -0.374. The maximum atomic E-state index is 8.94. The zero-order valence-electron chi connectivity index (χ0n) is 4.86. The maximum Gasteiger partial charge on any atom is 0.113 e. The van der Waals surface area contributed by atoms with E-state index in [1.54, 1.807) is 6.08 Å². The van der Waals surface area contributed by atoms with Crippen molar-refractivity contribution >= 4 is 0 Å². The number of aliphatic hydroxyl groups excluding tert-OH is 2. The SMILES string of the molecule is NC1C=CC(O)=CC1O. The molecule has 1 aliphatic rings. The number of hydrogen-bond acceptors (Lipinski definition) is 3. The van der Waals surface area contributed by atoms with Crippen molar-refractivity contribution in [3.63, 3.8) is 0 Å². The fourth-order valence-electron chi connectivity index (χ4n) is 0.665. The molecule has 50 valence electrons. The molecule has 0 aliphatic heterocycles. The zero-order valence-corrected chi connectivity index (χ0v) is 4.86. The molecular weight excluding hydrogens is 118 g/mol. The van der Waals surface area contributed by atoms with Gasteiger partial charge in [0.1, 0.15) is 5.76 Å². The highest BCUT2D eigenvalue weighted by Gasteiger charge is 2.12. The third-order valence-corrected chi connectivity index (χ3v) is 1.23. The molecule has 1 rings (SSSR count). The van der Waals surface area contributed by atoms with Gasteiger partial charge in [-0.25, -0.2) is 0 Å². The van der Waals surface area contributed by atoms with Crippen LogP contribution in [-0.4, -0.2) is 22.4 Å². The van der Waals surface area contributed by atoms with Gasteiger partial charge < -0.3 is 15.9 Å². The Hall–Kier alpha value is -0.800. The number of rotatable bonds is 0. The predicted octanol–water partition coefficient (Wildman–Crippen LogP) is -0.314. The fourth-order valence-corrected chi connectivity index (χ4v) is 0.665. The van der Waals surface area contributed by atoms with Crippen LogP contribution in [0.25, 0.3) is 0 Å². The molecule has 3 nitrogen and oxygen atoms in total. The van der Waals surface area contributed by atoms with Gasteiger partial charge >= 0.3 is 0 Å². The quantitative estimate of drug-likeness (QED) is 0.418. The summed E-state index contributed by atoms with van der Waals surface area (Å²) in [6.07, 6.45) is 3.59. The Morgan fingerprint density at radius 2 is 2.22 bits per heavy atom. The Labute approximate surface area is 53.1 Å². The molecule has 0 saturated carbocycles. The van der Waals surface area contributed by atoms with Crippen LogP contribution in [0.1, 0.15) is 0 Å². The summed E-state index contributed by atoms with van der Waals surface area (Å²) in [5.41, 5.74) is 5.35.